The molecule has 1 aromatic carbocycles. The number of halogens is 1. The van der Waals surface area contributed by atoms with E-state index in [1.165, 1.54) is 12.1 Å². The van der Waals surface area contributed by atoms with Crippen molar-refractivity contribution in [2.24, 2.45) is 0 Å². The molecule has 0 atom stereocenters. The van der Waals surface area contributed by atoms with Crippen LogP contribution in [0.25, 0.3) is 10.9 Å². The summed E-state index contributed by atoms with van der Waals surface area (Å²) in [4.78, 5) is 24.4. The van der Waals surface area contributed by atoms with Crippen LogP contribution in [0.1, 0.15) is 27.2 Å². The summed E-state index contributed by atoms with van der Waals surface area (Å²) in [5.41, 5.74) is -0.484. The van der Waals surface area contributed by atoms with Gasteiger partial charge in [-0.05, 0) is 45.0 Å². The summed E-state index contributed by atoms with van der Waals surface area (Å²) in [6, 6.07) is 5.98. The van der Waals surface area contributed by atoms with Crippen LogP contribution < -0.4 is 0 Å². The van der Waals surface area contributed by atoms with Gasteiger partial charge in [-0.3, -0.25) is 4.79 Å². The number of sulfone groups is 1. The fourth-order valence-electron chi connectivity index (χ4n) is 2.43. The molecule has 1 aromatic heterocycles. The number of hydrogen-bond acceptors (Lipinski definition) is 6. The van der Waals surface area contributed by atoms with Gasteiger partial charge in [-0.2, -0.15) is 0 Å². The zero-order valence-electron chi connectivity index (χ0n) is 15.9. The van der Waals surface area contributed by atoms with Gasteiger partial charge in [-0.15, -0.1) is 0 Å². The van der Waals surface area contributed by atoms with Gasteiger partial charge in [0.05, 0.1) is 17.7 Å². The molecule has 7 nitrogen and oxygen atoms in total. The zero-order valence-corrected chi connectivity index (χ0v) is 17.5. The highest BCUT2D eigenvalue weighted by Gasteiger charge is 2.29. The number of carbonyl (C=O) groups is 2. The molecule has 0 saturated carbocycles. The van der Waals surface area contributed by atoms with Crippen molar-refractivity contribution in [3.63, 3.8) is 0 Å². The molecule has 0 aliphatic heterocycles. The quantitative estimate of drug-likeness (QED) is 0.511. The molecule has 2 rings (SSSR count). The highest BCUT2D eigenvalue weighted by molar-refractivity contribution is 7.91. The molecule has 0 spiro atoms. The van der Waals surface area contributed by atoms with Crippen molar-refractivity contribution in [3.05, 3.63) is 41.9 Å². The first-order chi connectivity index (χ1) is 12.9. The molecule has 1 heterocycles. The number of rotatable bonds is 6. The van der Waals surface area contributed by atoms with E-state index in [9.17, 15) is 18.0 Å². The Morgan fingerprint density at radius 2 is 1.93 bits per heavy atom. The van der Waals surface area contributed by atoms with Crippen LogP contribution in [0.2, 0.25) is 5.02 Å². The molecule has 0 amide bonds. The molecule has 0 fully saturated rings. The van der Waals surface area contributed by atoms with Gasteiger partial charge >= 0.3 is 12.1 Å². The maximum absolute atomic E-state index is 12.9. The van der Waals surface area contributed by atoms with Crippen LogP contribution in [0.5, 0.6) is 0 Å². The molecule has 152 valence electrons. The Labute approximate surface area is 168 Å². The number of hydrogen-bond donors (Lipinski definition) is 0. The molecule has 0 N–H and O–H groups in total. The first-order valence-corrected chi connectivity index (χ1v) is 10.5. The second kappa shape index (κ2) is 8.36. The Balaban J connectivity index is 2.47. The molecule has 0 unspecified atom stereocenters. The van der Waals surface area contributed by atoms with Crippen LogP contribution in [0.4, 0.5) is 4.79 Å². The first kappa shape index (κ1) is 22.0. The molecule has 0 saturated heterocycles. The van der Waals surface area contributed by atoms with Crippen LogP contribution in [-0.2, 0) is 24.1 Å². The van der Waals surface area contributed by atoms with Crippen molar-refractivity contribution in [2.75, 3.05) is 12.4 Å². The third kappa shape index (κ3) is 5.36. The van der Waals surface area contributed by atoms with Gasteiger partial charge in [0.1, 0.15) is 17.2 Å². The van der Waals surface area contributed by atoms with Crippen LogP contribution >= 0.6 is 11.6 Å². The number of ether oxygens (including phenoxy) is 2. The van der Waals surface area contributed by atoms with Gasteiger partial charge in [-0.25, -0.2) is 17.8 Å². The number of esters is 1. The number of aromatic nitrogens is 1. The van der Waals surface area contributed by atoms with Crippen molar-refractivity contribution in [3.8, 4) is 0 Å². The number of carbonyl (C=O) groups excluding carboxylic acids is 2. The minimum Gasteiger partial charge on any atom is -0.461 e. The fraction of sp³-hybridized carbons (Fsp3) is 0.368. The predicted molar refractivity (Wildman–Crippen MR) is 106 cm³/mol. The van der Waals surface area contributed by atoms with Gasteiger partial charge in [0, 0.05) is 10.4 Å². The van der Waals surface area contributed by atoms with Crippen molar-refractivity contribution >= 4 is 44.4 Å². The molecule has 2 aromatic rings. The summed E-state index contributed by atoms with van der Waals surface area (Å²) < 4.78 is 36.9. The Morgan fingerprint density at radius 3 is 2.54 bits per heavy atom. The lowest BCUT2D eigenvalue weighted by Gasteiger charge is -2.21. The molecule has 28 heavy (non-hydrogen) atoms. The maximum Gasteiger partial charge on any atom is 0.420 e. The second-order valence-corrected chi connectivity index (χ2v) is 9.53. The molecule has 0 radical (unpaired) electrons. The first-order valence-electron chi connectivity index (χ1n) is 8.48. The minimum atomic E-state index is -3.99. The van der Waals surface area contributed by atoms with Crippen LogP contribution in [-0.4, -0.2) is 43.0 Å². The van der Waals surface area contributed by atoms with E-state index in [-0.39, 0.29) is 18.1 Å². The van der Waals surface area contributed by atoms with E-state index in [0.29, 0.717) is 15.9 Å². The Hall–Kier alpha value is -2.32. The summed E-state index contributed by atoms with van der Waals surface area (Å²) in [5.74, 6) is -1.19. The van der Waals surface area contributed by atoms with E-state index in [1.807, 2.05) is 0 Å². The topological polar surface area (TPSA) is 91.7 Å². The van der Waals surface area contributed by atoms with Gasteiger partial charge in [0.15, 0.2) is 9.84 Å². The maximum atomic E-state index is 12.9. The van der Waals surface area contributed by atoms with Crippen LogP contribution in [0.15, 0.2) is 41.9 Å². The Bertz CT molecular complexity index is 1020. The number of fused-ring (bicyclic) bond motifs is 1. The molecule has 0 aliphatic carbocycles. The molecule has 0 aliphatic rings. The normalized spacial score (nSPS) is 12.0. The second-order valence-electron chi connectivity index (χ2n) is 7.04. The monoisotopic (exact) mass is 427 g/mol. The largest absolute Gasteiger partial charge is 0.461 e. The Morgan fingerprint density at radius 1 is 1.25 bits per heavy atom. The summed E-state index contributed by atoms with van der Waals surface area (Å²) in [7, 11) is -3.99. The average molecular weight is 428 g/mol. The van der Waals surface area contributed by atoms with Crippen LogP contribution in [0, 0.1) is 0 Å². The SMILES string of the molecule is C=CCOC(=O)CCS(=O)(=O)c1cc2cc(Cl)ccc2n1C(=O)OC(C)(C)C. The molecule has 9 heteroatoms. The minimum absolute atomic E-state index is 0.00441. The van der Waals surface area contributed by atoms with E-state index >= 15 is 0 Å². The number of nitrogens with zero attached hydrogens (tertiary/aromatic N) is 1. The lowest BCUT2D eigenvalue weighted by atomic mass is 10.2. The van der Waals surface area contributed by atoms with Gasteiger partial charge in [-0.1, -0.05) is 24.3 Å². The zero-order chi connectivity index (χ0) is 21.1. The average Bonchev–Trinajstić information content (AvgIpc) is 2.96. The highest BCUT2D eigenvalue weighted by Crippen LogP contribution is 2.28. The lowest BCUT2D eigenvalue weighted by molar-refractivity contribution is -0.141. The lowest BCUT2D eigenvalue weighted by Crippen LogP contribution is -2.29. The van der Waals surface area contributed by atoms with Crippen LogP contribution in [0.3, 0.4) is 0 Å². The predicted octanol–water partition coefficient (Wildman–Crippen LogP) is 3.97. The van der Waals surface area contributed by atoms with E-state index in [4.69, 9.17) is 21.1 Å². The van der Waals surface area contributed by atoms with Crippen molar-refractivity contribution < 1.29 is 27.5 Å². The molecular formula is C19H22ClNO6S. The Kier molecular flexibility index (Phi) is 6.56. The third-order valence-corrected chi connectivity index (χ3v) is 5.48. The summed E-state index contributed by atoms with van der Waals surface area (Å²) in [5, 5.41) is 0.590. The van der Waals surface area contributed by atoms with Crippen molar-refractivity contribution in [1.29, 1.82) is 0 Å². The fourth-order valence-corrected chi connectivity index (χ4v) is 4.01. The number of benzene rings is 1. The van der Waals surface area contributed by atoms with Gasteiger partial charge in [0.25, 0.3) is 0 Å². The van der Waals surface area contributed by atoms with Crippen molar-refractivity contribution in [1.82, 2.24) is 4.57 Å². The van der Waals surface area contributed by atoms with Gasteiger partial charge in [0.2, 0.25) is 0 Å². The molecule has 0 bridgehead atoms. The van der Waals surface area contributed by atoms with E-state index in [2.05, 4.69) is 6.58 Å². The summed E-state index contributed by atoms with van der Waals surface area (Å²) in [6.45, 7) is 8.45. The highest BCUT2D eigenvalue weighted by atomic mass is 35.5. The smallest absolute Gasteiger partial charge is 0.420 e. The third-order valence-electron chi connectivity index (χ3n) is 3.56. The summed E-state index contributed by atoms with van der Waals surface area (Å²) >= 11 is 5.99. The summed E-state index contributed by atoms with van der Waals surface area (Å²) in [6.07, 6.45) is 0.196. The van der Waals surface area contributed by atoms with E-state index < -0.39 is 33.3 Å². The van der Waals surface area contributed by atoms with E-state index in [0.717, 1.165) is 4.57 Å². The van der Waals surface area contributed by atoms with E-state index in [1.54, 1.807) is 39.0 Å². The standard InChI is InChI=1S/C19H22ClNO6S/c1-5-9-26-17(22)8-10-28(24,25)16-12-13-11-14(20)6-7-15(13)21(16)18(23)27-19(2,3)4/h5-7,11-12H,1,8-10H2,2-4H3. The van der Waals surface area contributed by atoms with Gasteiger partial charge < -0.3 is 9.47 Å². The van der Waals surface area contributed by atoms with Crippen molar-refractivity contribution in [2.45, 2.75) is 37.8 Å². The molecular weight excluding hydrogens is 406 g/mol.